The van der Waals surface area contributed by atoms with Crippen LogP contribution in [0.5, 0.6) is 0 Å². The molecule has 13 nitrogen and oxygen atoms in total. The van der Waals surface area contributed by atoms with Crippen molar-refractivity contribution >= 4 is 29.4 Å². The van der Waals surface area contributed by atoms with Crippen LogP contribution in [0.15, 0.2) is 12.7 Å². The fourth-order valence-electron chi connectivity index (χ4n) is 1.66. The fourth-order valence-corrected chi connectivity index (χ4v) is 3.28. The van der Waals surface area contributed by atoms with Gasteiger partial charge in [0, 0.05) is 6.08 Å². The standard InChI is InChI=1S/C12H24O9P2.H3O4P/c1-2-12(13)19-10-8-6-4-3-5-7-9-11-20-23(17,18)21-22(14,15)16;1-5(2,3)4/h2H,1,3-11H2,(H,17,18)(H2,14,15,16);(H3,1,2,3,4). The average molecular weight is 472 g/mol. The van der Waals surface area contributed by atoms with Crippen LogP contribution in [-0.4, -0.2) is 48.5 Å². The van der Waals surface area contributed by atoms with Crippen LogP contribution in [0.3, 0.4) is 0 Å². The van der Waals surface area contributed by atoms with Gasteiger partial charge in [-0.05, 0) is 12.8 Å². The summed E-state index contributed by atoms with van der Waals surface area (Å²) >= 11 is 0. The van der Waals surface area contributed by atoms with Gasteiger partial charge in [0.05, 0.1) is 13.2 Å². The van der Waals surface area contributed by atoms with Crippen molar-refractivity contribution in [2.75, 3.05) is 13.2 Å². The highest BCUT2D eigenvalue weighted by Crippen LogP contribution is 2.57. The van der Waals surface area contributed by atoms with E-state index in [0.29, 0.717) is 13.0 Å². The third-order valence-electron chi connectivity index (χ3n) is 2.66. The minimum atomic E-state index is -5.05. The van der Waals surface area contributed by atoms with Crippen LogP contribution in [0.4, 0.5) is 0 Å². The average Bonchev–Trinajstić information content (AvgIpc) is 2.48. The number of hydrogen-bond donors (Lipinski definition) is 6. The predicted molar refractivity (Wildman–Crippen MR) is 96.6 cm³/mol. The summed E-state index contributed by atoms with van der Waals surface area (Å²) in [6, 6.07) is 0. The highest BCUT2D eigenvalue weighted by Gasteiger charge is 2.31. The van der Waals surface area contributed by atoms with Crippen LogP contribution in [0.2, 0.25) is 0 Å². The van der Waals surface area contributed by atoms with Crippen molar-refractivity contribution < 1.29 is 61.4 Å². The van der Waals surface area contributed by atoms with Gasteiger partial charge in [-0.3, -0.25) is 4.52 Å². The quantitative estimate of drug-likeness (QED) is 0.0920. The zero-order chi connectivity index (χ0) is 22.3. The minimum Gasteiger partial charge on any atom is -0.463 e. The molecule has 0 aromatic heterocycles. The summed E-state index contributed by atoms with van der Waals surface area (Å²) in [5, 5.41) is 0. The summed E-state index contributed by atoms with van der Waals surface area (Å²) < 4.78 is 43.3. The number of esters is 1. The molecular formula is C12H27O13P3. The molecule has 0 bridgehead atoms. The van der Waals surface area contributed by atoms with Crippen molar-refractivity contribution in [3.05, 3.63) is 12.7 Å². The Hall–Kier alpha value is -0.420. The molecule has 0 radical (unpaired) electrons. The van der Waals surface area contributed by atoms with E-state index in [2.05, 4.69) is 15.4 Å². The normalized spacial score (nSPS) is 13.8. The third kappa shape index (κ3) is 30.3. The van der Waals surface area contributed by atoms with Gasteiger partial charge in [0.15, 0.2) is 0 Å². The van der Waals surface area contributed by atoms with Gasteiger partial charge in [-0.15, -0.1) is 0 Å². The Morgan fingerprint density at radius 3 is 1.57 bits per heavy atom. The first kappa shape index (κ1) is 29.8. The second-order valence-electron chi connectivity index (χ2n) is 5.23. The van der Waals surface area contributed by atoms with Gasteiger partial charge >= 0.3 is 29.4 Å². The lowest BCUT2D eigenvalue weighted by atomic mass is 10.1. The number of rotatable bonds is 14. The molecule has 1 unspecified atom stereocenters. The van der Waals surface area contributed by atoms with Gasteiger partial charge in [0.2, 0.25) is 0 Å². The van der Waals surface area contributed by atoms with Crippen molar-refractivity contribution in [1.29, 1.82) is 0 Å². The molecule has 0 aliphatic heterocycles. The number of carbonyl (C=O) groups is 1. The number of hydrogen-bond acceptors (Lipinski definition) is 7. The Morgan fingerprint density at radius 2 is 1.18 bits per heavy atom. The van der Waals surface area contributed by atoms with E-state index in [-0.39, 0.29) is 6.61 Å². The molecule has 0 rings (SSSR count). The second kappa shape index (κ2) is 15.4. The molecule has 0 spiro atoms. The first-order chi connectivity index (χ1) is 12.7. The van der Waals surface area contributed by atoms with E-state index in [1.165, 1.54) is 0 Å². The smallest absolute Gasteiger partial charge is 0.463 e. The topological polar surface area (TPSA) is 217 Å². The number of ether oxygens (including phenoxy) is 1. The molecule has 0 amide bonds. The van der Waals surface area contributed by atoms with E-state index in [0.717, 1.165) is 44.6 Å². The van der Waals surface area contributed by atoms with Crippen LogP contribution >= 0.6 is 23.5 Å². The molecule has 0 aliphatic rings. The third-order valence-corrected chi connectivity index (χ3v) is 4.85. The summed E-state index contributed by atoms with van der Waals surface area (Å²) in [5.74, 6) is -0.422. The van der Waals surface area contributed by atoms with Crippen molar-refractivity contribution in [3.8, 4) is 0 Å². The fraction of sp³-hybridized carbons (Fsp3) is 0.750. The van der Waals surface area contributed by atoms with E-state index in [4.69, 9.17) is 38.7 Å². The van der Waals surface area contributed by atoms with Gasteiger partial charge in [-0.2, -0.15) is 4.31 Å². The molecule has 28 heavy (non-hydrogen) atoms. The van der Waals surface area contributed by atoms with Crippen molar-refractivity contribution in [2.45, 2.75) is 44.9 Å². The van der Waals surface area contributed by atoms with Gasteiger partial charge in [-0.25, -0.2) is 18.5 Å². The Balaban J connectivity index is 0. The van der Waals surface area contributed by atoms with Crippen LogP contribution in [0, 0.1) is 0 Å². The molecular weight excluding hydrogens is 445 g/mol. The van der Waals surface area contributed by atoms with E-state index < -0.39 is 29.4 Å². The monoisotopic (exact) mass is 472 g/mol. The largest absolute Gasteiger partial charge is 0.481 e. The minimum absolute atomic E-state index is 0.120. The van der Waals surface area contributed by atoms with E-state index in [9.17, 15) is 13.9 Å². The Morgan fingerprint density at radius 1 is 0.786 bits per heavy atom. The zero-order valence-corrected chi connectivity index (χ0v) is 17.7. The maximum atomic E-state index is 11.1. The summed E-state index contributed by atoms with van der Waals surface area (Å²) in [7, 11) is -14.4. The highest BCUT2D eigenvalue weighted by atomic mass is 31.3. The first-order valence-corrected chi connectivity index (χ1v) is 12.6. The summed E-state index contributed by atoms with van der Waals surface area (Å²) in [4.78, 5) is 58.1. The Labute approximate surface area is 162 Å². The number of phosphoric ester groups is 1. The van der Waals surface area contributed by atoms with Gasteiger partial charge < -0.3 is 34.1 Å². The Kier molecular flexibility index (Phi) is 16.4. The molecule has 1 atom stereocenters. The molecule has 168 valence electrons. The van der Waals surface area contributed by atoms with E-state index in [1.54, 1.807) is 0 Å². The van der Waals surface area contributed by atoms with Gasteiger partial charge in [-0.1, -0.05) is 38.7 Å². The predicted octanol–water partition coefficient (Wildman–Crippen LogP) is 1.74. The second-order valence-corrected chi connectivity index (χ2v) is 9.09. The molecule has 0 saturated carbocycles. The zero-order valence-electron chi connectivity index (χ0n) is 15.0. The summed E-state index contributed by atoms with van der Waals surface area (Å²) in [6.07, 6.45) is 6.91. The van der Waals surface area contributed by atoms with Crippen molar-refractivity contribution in [2.24, 2.45) is 0 Å². The van der Waals surface area contributed by atoms with E-state index >= 15 is 0 Å². The lowest BCUT2D eigenvalue weighted by Crippen LogP contribution is -2.01. The molecule has 16 heteroatoms. The number of carbonyl (C=O) groups excluding carboxylic acids is 1. The Bertz CT molecular complexity index is 573. The van der Waals surface area contributed by atoms with Gasteiger partial charge in [0.25, 0.3) is 0 Å². The molecule has 0 aromatic rings. The maximum absolute atomic E-state index is 11.1. The lowest BCUT2D eigenvalue weighted by Gasteiger charge is -2.12. The first-order valence-electron chi connectivity index (χ1n) is 7.98. The SMILES string of the molecule is C=CC(=O)OCCCCCCCCCOP(=O)(O)OP(=O)(O)O.O=P(O)(O)O. The highest BCUT2D eigenvalue weighted by molar-refractivity contribution is 7.60. The van der Waals surface area contributed by atoms with E-state index in [1.807, 2.05) is 0 Å². The van der Waals surface area contributed by atoms with Crippen LogP contribution in [0.1, 0.15) is 44.9 Å². The lowest BCUT2D eigenvalue weighted by molar-refractivity contribution is -0.137. The van der Waals surface area contributed by atoms with Crippen molar-refractivity contribution in [3.63, 3.8) is 0 Å². The van der Waals surface area contributed by atoms with Crippen LogP contribution in [-0.2, 0) is 32.1 Å². The van der Waals surface area contributed by atoms with Crippen LogP contribution < -0.4 is 0 Å². The molecule has 0 aliphatic carbocycles. The van der Waals surface area contributed by atoms with Gasteiger partial charge in [0.1, 0.15) is 0 Å². The molecule has 0 aromatic carbocycles. The molecule has 0 fully saturated rings. The maximum Gasteiger partial charge on any atom is 0.481 e. The number of phosphoric acid groups is 3. The van der Waals surface area contributed by atoms with Crippen molar-refractivity contribution in [1.82, 2.24) is 0 Å². The number of unbranched alkanes of at least 4 members (excludes halogenated alkanes) is 6. The molecule has 6 N–H and O–H groups in total. The summed E-state index contributed by atoms with van der Waals surface area (Å²) in [5.41, 5.74) is 0. The summed E-state index contributed by atoms with van der Waals surface area (Å²) in [6.45, 7) is 3.55. The van der Waals surface area contributed by atoms with Crippen LogP contribution in [0.25, 0.3) is 0 Å². The molecule has 0 heterocycles. The molecule has 0 saturated heterocycles.